The Labute approximate surface area is 128 Å². The van der Waals surface area contributed by atoms with Crippen molar-refractivity contribution in [2.24, 2.45) is 5.41 Å². The maximum Gasteiger partial charge on any atom is 0.165 e. The zero-order chi connectivity index (χ0) is 14.6. The number of hydrogen-bond donors (Lipinski definition) is 0. The predicted octanol–water partition coefficient (Wildman–Crippen LogP) is 4.85. The van der Waals surface area contributed by atoms with Gasteiger partial charge in [-0.1, -0.05) is 13.8 Å². The number of thiophene rings is 1. The first kappa shape index (κ1) is 12.8. The predicted molar refractivity (Wildman–Crippen MR) is 87.6 cm³/mol. The van der Waals surface area contributed by atoms with Crippen LogP contribution in [0.15, 0.2) is 41.9 Å². The lowest BCUT2D eigenvalue weighted by atomic mass is 9.76. The number of nitrogens with zero attached hydrogens (tertiary/aromatic N) is 1. The summed E-state index contributed by atoms with van der Waals surface area (Å²) >= 11 is 1.76. The van der Waals surface area contributed by atoms with E-state index in [4.69, 9.17) is 0 Å². The zero-order valence-electron chi connectivity index (χ0n) is 12.2. The second-order valence-electron chi connectivity index (χ2n) is 6.63. The van der Waals surface area contributed by atoms with Crippen molar-refractivity contribution in [3.05, 3.63) is 53.2 Å². The van der Waals surface area contributed by atoms with Crippen LogP contribution in [0, 0.1) is 5.41 Å². The Morgan fingerprint density at radius 2 is 2.00 bits per heavy atom. The highest BCUT2D eigenvalue weighted by atomic mass is 32.1. The molecule has 0 spiro atoms. The summed E-state index contributed by atoms with van der Waals surface area (Å²) in [4.78, 5) is 12.3. The molecule has 1 aromatic carbocycles. The molecule has 0 aliphatic heterocycles. The fraction of sp³-hybridized carbons (Fsp3) is 0.278. The van der Waals surface area contributed by atoms with Crippen molar-refractivity contribution in [2.45, 2.75) is 26.7 Å². The Morgan fingerprint density at radius 3 is 2.86 bits per heavy atom. The third-order valence-corrected chi connectivity index (χ3v) is 5.19. The molecular weight excluding hydrogens is 278 g/mol. The Kier molecular flexibility index (Phi) is 2.64. The second kappa shape index (κ2) is 4.31. The Balaban J connectivity index is 1.88. The average molecular weight is 295 g/mol. The van der Waals surface area contributed by atoms with E-state index in [1.54, 1.807) is 11.3 Å². The van der Waals surface area contributed by atoms with E-state index in [2.05, 4.69) is 48.1 Å². The smallest absolute Gasteiger partial charge is 0.165 e. The number of rotatable bonds is 1. The van der Waals surface area contributed by atoms with E-state index >= 15 is 0 Å². The molecule has 1 aliphatic rings. The first-order valence-corrected chi connectivity index (χ1v) is 8.13. The number of carbonyl (C=O) groups excluding carboxylic acids is 1. The molecule has 4 rings (SSSR count). The van der Waals surface area contributed by atoms with Crippen LogP contribution in [0.3, 0.4) is 0 Å². The van der Waals surface area contributed by atoms with Gasteiger partial charge in [0.05, 0.1) is 0 Å². The molecule has 0 radical (unpaired) electrons. The van der Waals surface area contributed by atoms with Gasteiger partial charge < -0.3 is 4.57 Å². The molecule has 0 unspecified atom stereocenters. The van der Waals surface area contributed by atoms with Crippen molar-refractivity contribution in [3.8, 4) is 5.69 Å². The SMILES string of the molecule is CC1(C)CC(=O)c2ccn(-c3ccc4sccc4c3)c2C1. The van der Waals surface area contributed by atoms with E-state index in [1.165, 1.54) is 10.1 Å². The van der Waals surface area contributed by atoms with Gasteiger partial charge in [0, 0.05) is 34.3 Å². The van der Waals surface area contributed by atoms with Gasteiger partial charge in [0.15, 0.2) is 5.78 Å². The molecule has 106 valence electrons. The third-order valence-electron chi connectivity index (χ3n) is 4.29. The summed E-state index contributed by atoms with van der Waals surface area (Å²) in [5, 5.41) is 3.38. The summed E-state index contributed by atoms with van der Waals surface area (Å²) < 4.78 is 3.49. The molecule has 2 aromatic heterocycles. The molecule has 0 saturated heterocycles. The molecule has 0 bridgehead atoms. The first-order chi connectivity index (χ1) is 10.0. The van der Waals surface area contributed by atoms with E-state index in [9.17, 15) is 4.79 Å². The van der Waals surface area contributed by atoms with E-state index in [1.807, 2.05) is 12.3 Å². The van der Waals surface area contributed by atoms with Crippen LogP contribution < -0.4 is 0 Å². The molecule has 0 amide bonds. The molecule has 21 heavy (non-hydrogen) atoms. The molecular formula is C18H17NOS. The molecule has 1 aliphatic carbocycles. The van der Waals surface area contributed by atoms with Gasteiger partial charge >= 0.3 is 0 Å². The van der Waals surface area contributed by atoms with Crippen LogP contribution in [0.25, 0.3) is 15.8 Å². The minimum atomic E-state index is 0.0483. The van der Waals surface area contributed by atoms with Gasteiger partial charge in [-0.2, -0.15) is 0 Å². The molecule has 2 heterocycles. The highest BCUT2D eigenvalue weighted by molar-refractivity contribution is 7.17. The molecule has 0 saturated carbocycles. The summed E-state index contributed by atoms with van der Waals surface area (Å²) in [5.74, 6) is 0.275. The Bertz CT molecular complexity index is 853. The van der Waals surface area contributed by atoms with Gasteiger partial charge in [0.25, 0.3) is 0 Å². The monoisotopic (exact) mass is 295 g/mol. The summed E-state index contributed by atoms with van der Waals surface area (Å²) in [6.07, 6.45) is 3.63. The average Bonchev–Trinajstić information content (AvgIpc) is 3.02. The Hall–Kier alpha value is -1.87. The normalized spacial score (nSPS) is 17.1. The quantitative estimate of drug-likeness (QED) is 0.629. The van der Waals surface area contributed by atoms with Crippen LogP contribution in [0.5, 0.6) is 0 Å². The topological polar surface area (TPSA) is 22.0 Å². The standard InChI is InChI=1S/C18H17NOS/c1-18(2)10-15-14(16(20)11-18)5-7-19(15)13-3-4-17-12(9-13)6-8-21-17/h3-9H,10-11H2,1-2H3. The minimum Gasteiger partial charge on any atom is -0.320 e. The minimum absolute atomic E-state index is 0.0483. The van der Waals surface area contributed by atoms with Gasteiger partial charge in [-0.05, 0) is 52.9 Å². The van der Waals surface area contributed by atoms with E-state index < -0.39 is 0 Å². The van der Waals surface area contributed by atoms with E-state index in [0.29, 0.717) is 6.42 Å². The van der Waals surface area contributed by atoms with Gasteiger partial charge in [0.1, 0.15) is 0 Å². The first-order valence-electron chi connectivity index (χ1n) is 7.25. The van der Waals surface area contributed by atoms with Crippen molar-refractivity contribution in [1.82, 2.24) is 4.57 Å². The van der Waals surface area contributed by atoms with Crippen LogP contribution in [0.4, 0.5) is 0 Å². The number of aromatic nitrogens is 1. The highest BCUT2D eigenvalue weighted by Gasteiger charge is 2.33. The van der Waals surface area contributed by atoms with Crippen molar-refractivity contribution < 1.29 is 4.79 Å². The van der Waals surface area contributed by atoms with Crippen LogP contribution in [0.2, 0.25) is 0 Å². The summed E-state index contributed by atoms with van der Waals surface area (Å²) in [6, 6.07) is 10.6. The molecule has 0 fully saturated rings. The largest absolute Gasteiger partial charge is 0.320 e. The van der Waals surface area contributed by atoms with Crippen LogP contribution in [-0.2, 0) is 6.42 Å². The number of hydrogen-bond acceptors (Lipinski definition) is 2. The van der Waals surface area contributed by atoms with Gasteiger partial charge in [0.2, 0.25) is 0 Å². The number of fused-ring (bicyclic) bond motifs is 2. The molecule has 0 N–H and O–H groups in total. The maximum absolute atomic E-state index is 12.3. The number of ketones is 1. The second-order valence-corrected chi connectivity index (χ2v) is 7.58. The van der Waals surface area contributed by atoms with Gasteiger partial charge in [-0.25, -0.2) is 0 Å². The number of carbonyl (C=O) groups is 1. The van der Waals surface area contributed by atoms with Crippen molar-refractivity contribution in [3.63, 3.8) is 0 Å². The lowest BCUT2D eigenvalue weighted by Gasteiger charge is -2.29. The zero-order valence-corrected chi connectivity index (χ0v) is 13.0. The molecule has 3 heteroatoms. The van der Waals surface area contributed by atoms with Crippen molar-refractivity contribution in [2.75, 3.05) is 0 Å². The summed E-state index contributed by atoms with van der Waals surface area (Å²) in [5.41, 5.74) is 3.25. The van der Waals surface area contributed by atoms with E-state index in [-0.39, 0.29) is 11.2 Å². The summed E-state index contributed by atoms with van der Waals surface area (Å²) in [6.45, 7) is 4.35. The molecule has 2 nitrogen and oxygen atoms in total. The van der Waals surface area contributed by atoms with Crippen LogP contribution in [-0.4, -0.2) is 10.4 Å². The number of benzene rings is 1. The van der Waals surface area contributed by atoms with Crippen molar-refractivity contribution >= 4 is 27.2 Å². The van der Waals surface area contributed by atoms with Crippen molar-refractivity contribution in [1.29, 1.82) is 0 Å². The van der Waals surface area contributed by atoms with Gasteiger partial charge in [-0.3, -0.25) is 4.79 Å². The van der Waals surface area contributed by atoms with Crippen LogP contribution >= 0.6 is 11.3 Å². The fourth-order valence-corrected chi connectivity index (χ4v) is 4.06. The summed E-state index contributed by atoms with van der Waals surface area (Å²) in [7, 11) is 0. The van der Waals surface area contributed by atoms with E-state index in [0.717, 1.165) is 23.4 Å². The van der Waals surface area contributed by atoms with Gasteiger partial charge in [-0.15, -0.1) is 11.3 Å². The lowest BCUT2D eigenvalue weighted by molar-refractivity contribution is 0.0911. The lowest BCUT2D eigenvalue weighted by Crippen LogP contribution is -2.27. The fourth-order valence-electron chi connectivity index (χ4n) is 3.29. The Morgan fingerprint density at radius 1 is 1.14 bits per heavy atom. The maximum atomic E-state index is 12.3. The third kappa shape index (κ3) is 2.04. The number of Topliss-reactive ketones (excluding diaryl/α,β-unsaturated/α-hetero) is 1. The highest BCUT2D eigenvalue weighted by Crippen LogP contribution is 2.36. The molecule has 3 aromatic rings. The van der Waals surface area contributed by atoms with Crippen LogP contribution in [0.1, 0.15) is 36.3 Å². The molecule has 0 atom stereocenters.